The predicted octanol–water partition coefficient (Wildman–Crippen LogP) is 11.3. The highest BCUT2D eigenvalue weighted by Crippen LogP contribution is 2.13. The van der Waals surface area contributed by atoms with Gasteiger partial charge in [0.1, 0.15) is 13.2 Å². The summed E-state index contributed by atoms with van der Waals surface area (Å²) < 4.78 is 10.4. The molecule has 0 spiro atoms. The Bertz CT molecular complexity index is 693. The molecule has 5 heteroatoms. The van der Waals surface area contributed by atoms with Crippen LogP contribution in [0.1, 0.15) is 168 Å². The van der Waals surface area contributed by atoms with Crippen LogP contribution in [-0.2, 0) is 19.1 Å². The normalized spacial score (nSPS) is 12.0. The summed E-state index contributed by atoms with van der Waals surface area (Å²) in [6.45, 7) is 6.13. The van der Waals surface area contributed by atoms with Crippen molar-refractivity contribution in [3.8, 4) is 0 Å². The Labute approximate surface area is 278 Å². The first-order chi connectivity index (χ1) is 22.2. The predicted molar refractivity (Wildman–Crippen MR) is 194 cm³/mol. The van der Waals surface area contributed by atoms with E-state index < -0.39 is 0 Å². The van der Waals surface area contributed by atoms with Gasteiger partial charge in [0.25, 0.3) is 0 Å². The maximum Gasteiger partial charge on any atom is 0.330 e. The molecule has 0 aliphatic carbocycles. The monoisotopic (exact) mass is 630 g/mol. The van der Waals surface area contributed by atoms with Gasteiger partial charge in [0, 0.05) is 25.2 Å². The number of ether oxygens (including phenoxy) is 2. The van der Waals surface area contributed by atoms with E-state index in [9.17, 15) is 9.59 Å². The molecular formula is C40H71NO4. The van der Waals surface area contributed by atoms with E-state index in [0.717, 1.165) is 12.8 Å². The molecule has 0 aliphatic rings. The fourth-order valence-electron chi connectivity index (χ4n) is 5.14. The van der Waals surface area contributed by atoms with Crippen molar-refractivity contribution in [1.29, 1.82) is 0 Å². The van der Waals surface area contributed by atoms with Crippen molar-refractivity contribution < 1.29 is 19.1 Å². The molecule has 260 valence electrons. The second-order valence-electron chi connectivity index (χ2n) is 12.3. The van der Waals surface area contributed by atoms with Gasteiger partial charge in [-0.1, -0.05) is 179 Å². The zero-order chi connectivity index (χ0) is 32.7. The van der Waals surface area contributed by atoms with Crippen LogP contribution in [0.15, 0.2) is 48.6 Å². The van der Waals surface area contributed by atoms with Crippen molar-refractivity contribution in [1.82, 2.24) is 5.32 Å². The molecule has 0 fully saturated rings. The van der Waals surface area contributed by atoms with E-state index in [-0.39, 0.29) is 25.2 Å². The molecule has 0 aliphatic heterocycles. The van der Waals surface area contributed by atoms with E-state index in [0.29, 0.717) is 13.1 Å². The summed E-state index contributed by atoms with van der Waals surface area (Å²) in [6.07, 6.45) is 46.4. The molecule has 0 unspecified atom stereocenters. The second kappa shape index (κ2) is 38.0. The van der Waals surface area contributed by atoms with Crippen molar-refractivity contribution in [2.75, 3.05) is 26.3 Å². The maximum atomic E-state index is 11.8. The summed E-state index contributed by atoms with van der Waals surface area (Å²) in [6, 6.07) is 0. The minimum atomic E-state index is -0.343. The molecule has 0 saturated heterocycles. The zero-order valence-electron chi connectivity index (χ0n) is 29.6. The van der Waals surface area contributed by atoms with Crippen LogP contribution in [-0.4, -0.2) is 38.2 Å². The second-order valence-corrected chi connectivity index (χ2v) is 12.3. The topological polar surface area (TPSA) is 64.6 Å². The molecule has 45 heavy (non-hydrogen) atoms. The van der Waals surface area contributed by atoms with E-state index in [1.165, 1.54) is 153 Å². The molecule has 0 amide bonds. The average molecular weight is 630 g/mol. The summed E-state index contributed by atoms with van der Waals surface area (Å²) in [5.41, 5.74) is 0. The lowest BCUT2D eigenvalue weighted by atomic mass is 10.1. The summed E-state index contributed by atoms with van der Waals surface area (Å²) in [7, 11) is 0. The zero-order valence-corrected chi connectivity index (χ0v) is 29.6. The number of nitrogens with one attached hydrogen (secondary N) is 1. The van der Waals surface area contributed by atoms with E-state index in [1.807, 2.05) is 12.2 Å². The fraction of sp³-hybridized carbons (Fsp3) is 0.750. The number of unbranched alkanes of at least 4 members (excludes halogenated alkanes) is 22. The Morgan fingerprint density at radius 1 is 0.444 bits per heavy atom. The summed E-state index contributed by atoms with van der Waals surface area (Å²) in [4.78, 5) is 23.6. The Kier molecular flexibility index (Phi) is 36.2. The van der Waals surface area contributed by atoms with Crippen LogP contribution in [0.5, 0.6) is 0 Å². The van der Waals surface area contributed by atoms with Gasteiger partial charge in [-0.25, -0.2) is 9.59 Å². The highest BCUT2D eigenvalue weighted by Gasteiger charge is 1.98. The Morgan fingerprint density at radius 2 is 0.756 bits per heavy atom. The van der Waals surface area contributed by atoms with Crippen LogP contribution >= 0.6 is 0 Å². The maximum absolute atomic E-state index is 11.8. The smallest absolute Gasteiger partial charge is 0.330 e. The SMILES string of the molecule is CCCCCCCCCCCCCC=CC=CC(=O)OCCNCCOC(=O)C=CC=CCCCCCCCCCCCCC. The molecule has 0 heterocycles. The molecule has 0 rings (SSSR count). The molecule has 0 aromatic carbocycles. The number of carbonyl (C=O) groups is 2. The third kappa shape index (κ3) is 38.0. The summed E-state index contributed by atoms with van der Waals surface area (Å²) >= 11 is 0. The van der Waals surface area contributed by atoms with Crippen molar-refractivity contribution in [2.24, 2.45) is 0 Å². The lowest BCUT2D eigenvalue weighted by Crippen LogP contribution is -2.25. The molecule has 1 N–H and O–H groups in total. The molecule has 0 aromatic rings. The van der Waals surface area contributed by atoms with Gasteiger partial charge in [0.15, 0.2) is 0 Å². The molecule has 0 aromatic heterocycles. The first-order valence-electron chi connectivity index (χ1n) is 18.9. The third-order valence-corrected chi connectivity index (χ3v) is 7.95. The first-order valence-corrected chi connectivity index (χ1v) is 18.9. The van der Waals surface area contributed by atoms with Gasteiger partial charge < -0.3 is 14.8 Å². The Balaban J connectivity index is 3.47. The number of hydrogen-bond acceptors (Lipinski definition) is 5. The van der Waals surface area contributed by atoms with Crippen LogP contribution in [0.2, 0.25) is 0 Å². The Hall–Kier alpha value is -2.14. The number of rotatable bonds is 34. The first kappa shape index (κ1) is 42.9. The van der Waals surface area contributed by atoms with E-state index >= 15 is 0 Å². The van der Waals surface area contributed by atoms with Crippen LogP contribution in [0.3, 0.4) is 0 Å². The molecule has 0 radical (unpaired) electrons. The minimum Gasteiger partial charge on any atom is -0.461 e. The van der Waals surface area contributed by atoms with Gasteiger partial charge in [-0.05, 0) is 25.7 Å². The van der Waals surface area contributed by atoms with Crippen LogP contribution in [0, 0.1) is 0 Å². The third-order valence-electron chi connectivity index (χ3n) is 7.95. The number of allylic oxidation sites excluding steroid dienone is 6. The molecule has 0 saturated carbocycles. The molecule has 0 bridgehead atoms. The lowest BCUT2D eigenvalue weighted by molar-refractivity contribution is -0.137. The lowest BCUT2D eigenvalue weighted by Gasteiger charge is -2.05. The van der Waals surface area contributed by atoms with E-state index in [1.54, 1.807) is 12.2 Å². The molecule has 5 nitrogen and oxygen atoms in total. The average Bonchev–Trinajstić information content (AvgIpc) is 3.04. The number of carbonyl (C=O) groups excluding carboxylic acids is 2. The van der Waals surface area contributed by atoms with Gasteiger partial charge >= 0.3 is 11.9 Å². The van der Waals surface area contributed by atoms with Gasteiger partial charge in [-0.15, -0.1) is 0 Å². The van der Waals surface area contributed by atoms with Crippen molar-refractivity contribution in [3.05, 3.63) is 48.6 Å². The van der Waals surface area contributed by atoms with Gasteiger partial charge in [-0.3, -0.25) is 0 Å². The quantitative estimate of drug-likeness (QED) is 0.0332. The highest BCUT2D eigenvalue weighted by atomic mass is 16.5. The van der Waals surface area contributed by atoms with Crippen LogP contribution in [0.25, 0.3) is 0 Å². The van der Waals surface area contributed by atoms with E-state index in [4.69, 9.17) is 9.47 Å². The minimum absolute atomic E-state index is 0.281. The standard InChI is InChI=1S/C40H71NO4/c1-3-5-7-9-11-13-15-17-19-21-23-25-27-29-31-33-39(42)44-37-35-41-36-38-45-40(43)34-32-30-28-26-24-22-20-18-16-14-12-10-8-6-4-2/h27-34,41H,3-26,35-38H2,1-2H3. The van der Waals surface area contributed by atoms with Gasteiger partial charge in [0.2, 0.25) is 0 Å². The van der Waals surface area contributed by atoms with Crippen molar-refractivity contribution in [3.63, 3.8) is 0 Å². The van der Waals surface area contributed by atoms with Gasteiger partial charge in [0.05, 0.1) is 0 Å². The molecular weight excluding hydrogens is 558 g/mol. The largest absolute Gasteiger partial charge is 0.461 e. The van der Waals surface area contributed by atoms with Crippen LogP contribution in [0.4, 0.5) is 0 Å². The van der Waals surface area contributed by atoms with Crippen LogP contribution < -0.4 is 5.32 Å². The van der Waals surface area contributed by atoms with Gasteiger partial charge in [-0.2, -0.15) is 0 Å². The number of hydrogen-bond donors (Lipinski definition) is 1. The Morgan fingerprint density at radius 3 is 1.09 bits per heavy atom. The number of esters is 2. The highest BCUT2D eigenvalue weighted by molar-refractivity contribution is 5.82. The van der Waals surface area contributed by atoms with E-state index in [2.05, 4.69) is 31.3 Å². The summed E-state index contributed by atoms with van der Waals surface area (Å²) in [5, 5.41) is 3.11. The fourth-order valence-corrected chi connectivity index (χ4v) is 5.14. The molecule has 0 atom stereocenters. The summed E-state index contributed by atoms with van der Waals surface area (Å²) in [5.74, 6) is -0.687. The van der Waals surface area contributed by atoms with Crippen molar-refractivity contribution >= 4 is 11.9 Å². The van der Waals surface area contributed by atoms with Crippen molar-refractivity contribution in [2.45, 2.75) is 168 Å².